The van der Waals surface area contributed by atoms with Crippen molar-refractivity contribution in [2.24, 2.45) is 0 Å². The van der Waals surface area contributed by atoms with Crippen LogP contribution in [0.5, 0.6) is 5.75 Å². The summed E-state index contributed by atoms with van der Waals surface area (Å²) in [6.45, 7) is 0. The molecule has 0 aliphatic rings. The van der Waals surface area contributed by atoms with Gasteiger partial charge in [0.15, 0.2) is 0 Å². The lowest BCUT2D eigenvalue weighted by Gasteiger charge is -2.10. The molecular formula is C14H13N7O. The molecule has 0 saturated heterocycles. The smallest absolute Gasteiger partial charge is 0.220 e. The Labute approximate surface area is 126 Å². The second-order valence-electron chi connectivity index (χ2n) is 4.37. The molecule has 4 N–H and O–H groups in total. The summed E-state index contributed by atoms with van der Waals surface area (Å²) in [4.78, 5) is 20.4. The van der Waals surface area contributed by atoms with E-state index in [4.69, 9.17) is 16.2 Å². The molecule has 0 aliphatic heterocycles. The minimum absolute atomic E-state index is 0.183. The van der Waals surface area contributed by atoms with Gasteiger partial charge in [-0.25, -0.2) is 19.9 Å². The first kappa shape index (κ1) is 13.7. The van der Waals surface area contributed by atoms with Crippen LogP contribution in [0, 0.1) is 0 Å². The van der Waals surface area contributed by atoms with Gasteiger partial charge < -0.3 is 16.2 Å². The van der Waals surface area contributed by atoms with E-state index in [1.807, 2.05) is 6.07 Å². The van der Waals surface area contributed by atoms with E-state index >= 15 is 0 Å². The Bertz CT molecular complexity index is 822. The Balaban J connectivity index is 2.14. The lowest BCUT2D eigenvalue weighted by Crippen LogP contribution is -1.99. The zero-order chi connectivity index (χ0) is 15.5. The van der Waals surface area contributed by atoms with E-state index in [0.29, 0.717) is 22.8 Å². The zero-order valence-corrected chi connectivity index (χ0v) is 11.8. The SMILES string of the molecule is COc1cnc(-c2ccnc(N)n2)cc1-c1ccnc(N)n1. The molecule has 3 aromatic heterocycles. The summed E-state index contributed by atoms with van der Waals surface area (Å²) in [6.07, 6.45) is 4.76. The molecule has 0 atom stereocenters. The van der Waals surface area contributed by atoms with Crippen LogP contribution < -0.4 is 16.2 Å². The molecule has 8 nitrogen and oxygen atoms in total. The molecule has 22 heavy (non-hydrogen) atoms. The number of pyridine rings is 1. The van der Waals surface area contributed by atoms with E-state index in [2.05, 4.69) is 24.9 Å². The topological polar surface area (TPSA) is 126 Å². The molecule has 0 radical (unpaired) electrons. The minimum Gasteiger partial charge on any atom is -0.494 e. The Morgan fingerprint density at radius 1 is 0.864 bits per heavy atom. The monoisotopic (exact) mass is 295 g/mol. The van der Waals surface area contributed by atoms with E-state index in [0.717, 1.165) is 5.56 Å². The van der Waals surface area contributed by atoms with Crippen LogP contribution in [0.3, 0.4) is 0 Å². The minimum atomic E-state index is 0.183. The van der Waals surface area contributed by atoms with Gasteiger partial charge in [0.05, 0.1) is 30.4 Å². The van der Waals surface area contributed by atoms with Crippen molar-refractivity contribution >= 4 is 11.9 Å². The van der Waals surface area contributed by atoms with E-state index in [1.54, 1.807) is 37.8 Å². The fourth-order valence-corrected chi connectivity index (χ4v) is 1.99. The second-order valence-corrected chi connectivity index (χ2v) is 4.37. The van der Waals surface area contributed by atoms with Gasteiger partial charge in [-0.3, -0.25) is 4.98 Å². The summed E-state index contributed by atoms with van der Waals surface area (Å²) in [5, 5.41) is 0. The predicted molar refractivity (Wildman–Crippen MR) is 81.7 cm³/mol. The van der Waals surface area contributed by atoms with E-state index in [9.17, 15) is 0 Å². The normalized spacial score (nSPS) is 10.4. The van der Waals surface area contributed by atoms with E-state index in [-0.39, 0.29) is 11.9 Å². The molecule has 8 heteroatoms. The van der Waals surface area contributed by atoms with Crippen LogP contribution in [-0.2, 0) is 0 Å². The highest BCUT2D eigenvalue weighted by Gasteiger charge is 2.12. The zero-order valence-electron chi connectivity index (χ0n) is 11.8. The first-order chi connectivity index (χ1) is 10.7. The van der Waals surface area contributed by atoms with Gasteiger partial charge in [-0.05, 0) is 18.2 Å². The van der Waals surface area contributed by atoms with Gasteiger partial charge in [-0.15, -0.1) is 0 Å². The van der Waals surface area contributed by atoms with Gasteiger partial charge in [-0.1, -0.05) is 0 Å². The standard InChI is InChI=1S/C14H13N7O/c1-22-12-7-19-11(10-3-5-18-14(16)21-10)6-8(12)9-2-4-17-13(15)20-9/h2-7H,1H3,(H2,15,17,20)(H2,16,18,21). The number of anilines is 2. The molecule has 0 amide bonds. The van der Waals surface area contributed by atoms with Gasteiger partial charge >= 0.3 is 0 Å². The summed E-state index contributed by atoms with van der Waals surface area (Å²) in [5.74, 6) is 0.941. The maximum Gasteiger partial charge on any atom is 0.220 e. The summed E-state index contributed by atoms with van der Waals surface area (Å²) in [5.41, 5.74) is 13.9. The number of nitrogens with two attached hydrogens (primary N) is 2. The molecule has 3 rings (SSSR count). The van der Waals surface area contributed by atoms with Crippen molar-refractivity contribution in [3.63, 3.8) is 0 Å². The Kier molecular flexibility index (Phi) is 3.48. The fourth-order valence-electron chi connectivity index (χ4n) is 1.99. The highest BCUT2D eigenvalue weighted by atomic mass is 16.5. The second kappa shape index (κ2) is 5.60. The molecular weight excluding hydrogens is 282 g/mol. The third-order valence-corrected chi connectivity index (χ3v) is 2.97. The van der Waals surface area contributed by atoms with Gasteiger partial charge in [0.2, 0.25) is 11.9 Å². The summed E-state index contributed by atoms with van der Waals surface area (Å²) in [6, 6.07) is 5.28. The van der Waals surface area contributed by atoms with Crippen molar-refractivity contribution in [2.45, 2.75) is 0 Å². The summed E-state index contributed by atoms with van der Waals surface area (Å²) < 4.78 is 5.33. The van der Waals surface area contributed by atoms with Crippen molar-refractivity contribution in [3.8, 4) is 28.4 Å². The van der Waals surface area contributed by atoms with Gasteiger partial charge in [-0.2, -0.15) is 0 Å². The Morgan fingerprint density at radius 3 is 2.14 bits per heavy atom. The van der Waals surface area contributed by atoms with Gasteiger partial charge in [0.1, 0.15) is 5.75 Å². The molecule has 0 fully saturated rings. The van der Waals surface area contributed by atoms with Crippen LogP contribution in [-0.4, -0.2) is 32.0 Å². The number of methoxy groups -OCH3 is 1. The number of nitrogen functional groups attached to an aromatic ring is 2. The number of ether oxygens (including phenoxy) is 1. The first-order valence-corrected chi connectivity index (χ1v) is 6.39. The molecule has 3 heterocycles. The highest BCUT2D eigenvalue weighted by molar-refractivity contribution is 5.72. The van der Waals surface area contributed by atoms with Crippen LogP contribution in [0.15, 0.2) is 36.8 Å². The molecule has 110 valence electrons. The van der Waals surface area contributed by atoms with Crippen molar-refractivity contribution in [3.05, 3.63) is 36.8 Å². The van der Waals surface area contributed by atoms with E-state index < -0.39 is 0 Å². The molecule has 0 saturated carbocycles. The quantitative estimate of drug-likeness (QED) is 0.737. The fraction of sp³-hybridized carbons (Fsp3) is 0.0714. The van der Waals surface area contributed by atoms with E-state index in [1.165, 1.54) is 0 Å². The van der Waals surface area contributed by atoms with Crippen LogP contribution in [0.4, 0.5) is 11.9 Å². The maximum absolute atomic E-state index is 5.64. The van der Waals surface area contributed by atoms with Gasteiger partial charge in [0.25, 0.3) is 0 Å². The summed E-state index contributed by atoms with van der Waals surface area (Å²) in [7, 11) is 1.56. The van der Waals surface area contributed by atoms with Crippen LogP contribution in [0.2, 0.25) is 0 Å². The number of aromatic nitrogens is 5. The average molecular weight is 295 g/mol. The average Bonchev–Trinajstić information content (AvgIpc) is 2.54. The molecule has 0 aromatic carbocycles. The van der Waals surface area contributed by atoms with Crippen LogP contribution in [0.25, 0.3) is 22.6 Å². The Morgan fingerprint density at radius 2 is 1.50 bits per heavy atom. The lowest BCUT2D eigenvalue weighted by atomic mass is 10.1. The number of hydrogen-bond donors (Lipinski definition) is 2. The number of nitrogens with zero attached hydrogens (tertiary/aromatic N) is 5. The lowest BCUT2D eigenvalue weighted by molar-refractivity contribution is 0.414. The molecule has 0 unspecified atom stereocenters. The third-order valence-electron chi connectivity index (χ3n) is 2.97. The largest absolute Gasteiger partial charge is 0.494 e. The van der Waals surface area contributed by atoms with Crippen molar-refractivity contribution in [2.75, 3.05) is 18.6 Å². The maximum atomic E-state index is 5.64. The highest BCUT2D eigenvalue weighted by Crippen LogP contribution is 2.31. The molecule has 0 bridgehead atoms. The predicted octanol–water partition coefficient (Wildman–Crippen LogP) is 1.17. The van der Waals surface area contributed by atoms with Crippen molar-refractivity contribution in [1.82, 2.24) is 24.9 Å². The van der Waals surface area contributed by atoms with Crippen LogP contribution >= 0.6 is 0 Å². The van der Waals surface area contributed by atoms with Crippen molar-refractivity contribution in [1.29, 1.82) is 0 Å². The van der Waals surface area contributed by atoms with Gasteiger partial charge in [0, 0.05) is 18.0 Å². The molecule has 0 spiro atoms. The number of rotatable bonds is 3. The number of hydrogen-bond acceptors (Lipinski definition) is 8. The van der Waals surface area contributed by atoms with Crippen LogP contribution in [0.1, 0.15) is 0 Å². The molecule has 3 aromatic rings. The third kappa shape index (κ3) is 2.62. The first-order valence-electron chi connectivity index (χ1n) is 6.39. The summed E-state index contributed by atoms with van der Waals surface area (Å²) >= 11 is 0. The Hall–Kier alpha value is -3.29. The van der Waals surface area contributed by atoms with Crippen molar-refractivity contribution < 1.29 is 4.74 Å². The molecule has 0 aliphatic carbocycles.